The van der Waals surface area contributed by atoms with Crippen LogP contribution in [0.3, 0.4) is 0 Å². The Morgan fingerprint density at radius 2 is 1.75 bits per heavy atom. The van der Waals surface area contributed by atoms with Gasteiger partial charge < -0.3 is 15.2 Å². The zero-order chi connectivity index (χ0) is 14.7. The molecule has 0 aliphatic heterocycles. The molecule has 0 aliphatic carbocycles. The van der Waals surface area contributed by atoms with Gasteiger partial charge >= 0.3 is 0 Å². The number of halogens is 2. The molecule has 0 bridgehead atoms. The molecule has 106 valence electrons. The summed E-state index contributed by atoms with van der Waals surface area (Å²) in [6.07, 6.45) is 0. The van der Waals surface area contributed by atoms with Crippen LogP contribution in [-0.2, 0) is 0 Å². The third-order valence-corrected chi connectivity index (χ3v) is 3.07. The first-order chi connectivity index (χ1) is 9.58. The second kappa shape index (κ2) is 5.88. The monoisotopic (exact) mass is 279 g/mol. The van der Waals surface area contributed by atoms with Gasteiger partial charge in [0.2, 0.25) is 0 Å². The summed E-state index contributed by atoms with van der Waals surface area (Å²) in [5, 5.41) is 0. The van der Waals surface area contributed by atoms with Gasteiger partial charge in [-0.1, -0.05) is 18.2 Å². The summed E-state index contributed by atoms with van der Waals surface area (Å²) in [7, 11) is 3.02. The van der Waals surface area contributed by atoms with Crippen LogP contribution in [0.1, 0.15) is 17.2 Å². The van der Waals surface area contributed by atoms with Crippen molar-refractivity contribution in [3.8, 4) is 11.5 Å². The summed E-state index contributed by atoms with van der Waals surface area (Å²) in [6, 6.07) is 8.19. The number of rotatable bonds is 4. The van der Waals surface area contributed by atoms with Crippen LogP contribution in [0.4, 0.5) is 8.78 Å². The molecular formula is C15H15F2NO2. The predicted octanol–water partition coefficient (Wildman–Crippen LogP) is 3.03. The van der Waals surface area contributed by atoms with E-state index >= 15 is 0 Å². The van der Waals surface area contributed by atoms with Crippen LogP contribution in [0.5, 0.6) is 11.5 Å². The van der Waals surface area contributed by atoms with Gasteiger partial charge in [0.1, 0.15) is 0 Å². The highest BCUT2D eigenvalue weighted by Gasteiger charge is 2.18. The molecule has 1 atom stereocenters. The summed E-state index contributed by atoms with van der Waals surface area (Å²) < 4.78 is 36.7. The molecule has 2 rings (SSSR count). The minimum absolute atomic E-state index is 0.454. The standard InChI is InChI=1S/C15H15F2NO2/c1-19-13-5-3-4-10(15(13)20-2)14(18)9-6-7-11(16)12(17)8-9/h3-8,14H,18H2,1-2H3. The molecule has 0 saturated heterocycles. The summed E-state index contributed by atoms with van der Waals surface area (Å²) in [4.78, 5) is 0. The molecule has 1 unspecified atom stereocenters. The van der Waals surface area contributed by atoms with Crippen LogP contribution in [0.2, 0.25) is 0 Å². The number of hydrogen-bond donors (Lipinski definition) is 1. The molecular weight excluding hydrogens is 264 g/mol. The largest absolute Gasteiger partial charge is 0.493 e. The second-order valence-corrected chi connectivity index (χ2v) is 4.23. The van der Waals surface area contributed by atoms with E-state index in [0.29, 0.717) is 22.6 Å². The van der Waals surface area contributed by atoms with Crippen molar-refractivity contribution in [1.82, 2.24) is 0 Å². The molecule has 0 saturated carbocycles. The highest BCUT2D eigenvalue weighted by molar-refractivity contribution is 5.50. The summed E-state index contributed by atoms with van der Waals surface area (Å²) in [5.41, 5.74) is 7.20. The fourth-order valence-electron chi connectivity index (χ4n) is 2.04. The fourth-order valence-corrected chi connectivity index (χ4v) is 2.04. The Morgan fingerprint density at radius 3 is 2.35 bits per heavy atom. The van der Waals surface area contributed by atoms with E-state index in [0.717, 1.165) is 12.1 Å². The van der Waals surface area contributed by atoms with Gasteiger partial charge in [0.05, 0.1) is 20.3 Å². The summed E-state index contributed by atoms with van der Waals surface area (Å²) in [6.45, 7) is 0. The summed E-state index contributed by atoms with van der Waals surface area (Å²) >= 11 is 0. The van der Waals surface area contributed by atoms with Crippen molar-refractivity contribution in [3.05, 3.63) is 59.2 Å². The van der Waals surface area contributed by atoms with Gasteiger partial charge in [0.15, 0.2) is 23.1 Å². The topological polar surface area (TPSA) is 44.5 Å². The quantitative estimate of drug-likeness (QED) is 0.935. The minimum atomic E-state index is -0.931. The Morgan fingerprint density at radius 1 is 1.00 bits per heavy atom. The first-order valence-electron chi connectivity index (χ1n) is 6.00. The molecule has 0 radical (unpaired) electrons. The van der Waals surface area contributed by atoms with Crippen LogP contribution in [0.25, 0.3) is 0 Å². The average molecular weight is 279 g/mol. The number of nitrogens with two attached hydrogens (primary N) is 1. The van der Waals surface area contributed by atoms with Crippen molar-refractivity contribution in [2.24, 2.45) is 5.73 Å². The normalized spacial score (nSPS) is 12.1. The molecule has 0 spiro atoms. The average Bonchev–Trinajstić information content (AvgIpc) is 2.48. The van der Waals surface area contributed by atoms with Crippen LogP contribution in [0, 0.1) is 11.6 Å². The third kappa shape index (κ3) is 2.58. The molecule has 2 N–H and O–H groups in total. The third-order valence-electron chi connectivity index (χ3n) is 3.07. The molecule has 0 aromatic heterocycles. The van der Waals surface area contributed by atoms with Gasteiger partial charge in [-0.05, 0) is 23.8 Å². The van der Waals surface area contributed by atoms with E-state index in [1.54, 1.807) is 18.2 Å². The van der Waals surface area contributed by atoms with Crippen molar-refractivity contribution < 1.29 is 18.3 Å². The van der Waals surface area contributed by atoms with Gasteiger partial charge in [0, 0.05) is 5.56 Å². The lowest BCUT2D eigenvalue weighted by Gasteiger charge is -2.18. The number of benzene rings is 2. The Bertz CT molecular complexity index is 617. The van der Waals surface area contributed by atoms with E-state index < -0.39 is 17.7 Å². The van der Waals surface area contributed by atoms with Gasteiger partial charge in [-0.25, -0.2) is 8.78 Å². The van der Waals surface area contributed by atoms with Crippen molar-refractivity contribution >= 4 is 0 Å². The first-order valence-corrected chi connectivity index (χ1v) is 6.00. The lowest BCUT2D eigenvalue weighted by molar-refractivity contribution is 0.350. The van der Waals surface area contributed by atoms with E-state index in [2.05, 4.69) is 0 Å². The molecule has 0 aliphatic rings. The Kier molecular flexibility index (Phi) is 4.20. The number of methoxy groups -OCH3 is 2. The Balaban J connectivity index is 2.47. The van der Waals surface area contributed by atoms with Crippen LogP contribution in [0.15, 0.2) is 36.4 Å². The molecule has 2 aromatic rings. The van der Waals surface area contributed by atoms with Crippen LogP contribution < -0.4 is 15.2 Å². The first kappa shape index (κ1) is 14.3. The lowest BCUT2D eigenvalue weighted by Crippen LogP contribution is -2.14. The zero-order valence-corrected chi connectivity index (χ0v) is 11.2. The predicted molar refractivity (Wildman–Crippen MR) is 71.9 cm³/mol. The van der Waals surface area contributed by atoms with Crippen molar-refractivity contribution in [3.63, 3.8) is 0 Å². The van der Waals surface area contributed by atoms with E-state index in [9.17, 15) is 8.78 Å². The van der Waals surface area contributed by atoms with E-state index in [4.69, 9.17) is 15.2 Å². The molecule has 0 amide bonds. The van der Waals surface area contributed by atoms with E-state index in [-0.39, 0.29) is 0 Å². The summed E-state index contributed by atoms with van der Waals surface area (Å²) in [5.74, 6) is -0.825. The fraction of sp³-hybridized carbons (Fsp3) is 0.200. The highest BCUT2D eigenvalue weighted by atomic mass is 19.2. The second-order valence-electron chi connectivity index (χ2n) is 4.23. The van der Waals surface area contributed by atoms with Gasteiger partial charge in [-0.15, -0.1) is 0 Å². The van der Waals surface area contributed by atoms with Crippen molar-refractivity contribution in [1.29, 1.82) is 0 Å². The minimum Gasteiger partial charge on any atom is -0.493 e. The van der Waals surface area contributed by atoms with E-state index in [1.165, 1.54) is 20.3 Å². The molecule has 0 heterocycles. The van der Waals surface area contributed by atoms with Gasteiger partial charge in [-0.2, -0.15) is 0 Å². The van der Waals surface area contributed by atoms with E-state index in [1.807, 2.05) is 0 Å². The maximum Gasteiger partial charge on any atom is 0.165 e. The Hall–Kier alpha value is -2.14. The van der Waals surface area contributed by atoms with Crippen molar-refractivity contribution in [2.75, 3.05) is 14.2 Å². The van der Waals surface area contributed by atoms with Crippen molar-refractivity contribution in [2.45, 2.75) is 6.04 Å². The maximum absolute atomic E-state index is 13.3. The van der Waals surface area contributed by atoms with Gasteiger partial charge in [0.25, 0.3) is 0 Å². The zero-order valence-electron chi connectivity index (χ0n) is 11.2. The number of ether oxygens (including phenoxy) is 2. The van der Waals surface area contributed by atoms with Crippen LogP contribution in [-0.4, -0.2) is 14.2 Å². The number of hydrogen-bond acceptors (Lipinski definition) is 3. The Labute approximate surface area is 115 Å². The molecule has 2 aromatic carbocycles. The smallest absolute Gasteiger partial charge is 0.165 e. The molecule has 20 heavy (non-hydrogen) atoms. The molecule has 3 nitrogen and oxygen atoms in total. The molecule has 5 heteroatoms. The van der Waals surface area contributed by atoms with Crippen LogP contribution >= 0.6 is 0 Å². The SMILES string of the molecule is COc1cccc(C(N)c2ccc(F)c(F)c2)c1OC. The number of para-hydroxylation sites is 1. The maximum atomic E-state index is 13.3. The highest BCUT2D eigenvalue weighted by Crippen LogP contribution is 2.36. The lowest BCUT2D eigenvalue weighted by atomic mass is 9.98. The molecule has 0 fully saturated rings. The van der Waals surface area contributed by atoms with Gasteiger partial charge in [-0.3, -0.25) is 0 Å².